The monoisotopic (exact) mass is 301 g/mol. The molecule has 2 rings (SSSR count). The molecule has 0 spiro atoms. The van der Waals surface area contributed by atoms with Gasteiger partial charge in [0.2, 0.25) is 5.43 Å². The zero-order valence-corrected chi connectivity index (χ0v) is 11.0. The average Bonchev–Trinajstić information content (AvgIpc) is 2.36. The zero-order chi connectivity index (χ0) is 13.1. The summed E-state index contributed by atoms with van der Waals surface area (Å²) in [4.78, 5) is 22.2. The van der Waals surface area contributed by atoms with E-state index in [0.29, 0.717) is 4.90 Å². The fourth-order valence-corrected chi connectivity index (χ4v) is 2.60. The van der Waals surface area contributed by atoms with Gasteiger partial charge >= 0.3 is 0 Å². The molecule has 0 saturated carbocycles. The molecule has 1 aromatic heterocycles. The Balaban J connectivity index is 2.26. The number of rotatable bonds is 3. The summed E-state index contributed by atoms with van der Waals surface area (Å²) in [5.41, 5.74) is -0.455. The summed E-state index contributed by atoms with van der Waals surface area (Å²) in [7, 11) is 0. The molecule has 92 valence electrons. The van der Waals surface area contributed by atoms with Crippen LogP contribution in [0.5, 0.6) is 0 Å². The van der Waals surface area contributed by atoms with Crippen molar-refractivity contribution >= 4 is 40.8 Å². The van der Waals surface area contributed by atoms with Gasteiger partial charge in [-0.15, -0.1) is 0 Å². The lowest BCUT2D eigenvalue weighted by Crippen LogP contribution is -2.06. The fraction of sp³-hybridized carbons (Fsp3) is 0. The standard InChI is InChI=1S/C9H4ClN3O3S2/c10-8-7(14)9(12-18-11-8)17-6-3-1-5(2-4-6)13(15)16/h1-4H. The van der Waals surface area contributed by atoms with E-state index in [1.165, 1.54) is 12.1 Å². The van der Waals surface area contributed by atoms with Crippen LogP contribution in [-0.4, -0.2) is 13.7 Å². The molecule has 0 aliphatic rings. The Morgan fingerprint density at radius 3 is 2.56 bits per heavy atom. The Morgan fingerprint density at radius 2 is 1.94 bits per heavy atom. The SMILES string of the molecule is O=c1c(Cl)nsnc1Sc1ccc([N+](=O)[O-])cc1. The lowest BCUT2D eigenvalue weighted by Gasteiger charge is -1.98. The van der Waals surface area contributed by atoms with Crippen LogP contribution in [0.25, 0.3) is 0 Å². The van der Waals surface area contributed by atoms with E-state index in [1.807, 2.05) is 0 Å². The zero-order valence-electron chi connectivity index (χ0n) is 8.57. The van der Waals surface area contributed by atoms with Crippen LogP contribution in [-0.2, 0) is 0 Å². The van der Waals surface area contributed by atoms with Crippen LogP contribution in [0.2, 0.25) is 5.15 Å². The van der Waals surface area contributed by atoms with E-state index in [-0.39, 0.29) is 15.9 Å². The van der Waals surface area contributed by atoms with Gasteiger partial charge in [0.25, 0.3) is 5.69 Å². The Morgan fingerprint density at radius 1 is 1.28 bits per heavy atom. The second-order valence-corrected chi connectivity index (χ2v) is 4.99. The van der Waals surface area contributed by atoms with Crippen molar-refractivity contribution in [2.24, 2.45) is 0 Å². The largest absolute Gasteiger partial charge is 0.283 e. The number of hydrogen-bond donors (Lipinski definition) is 0. The minimum atomic E-state index is -0.489. The van der Waals surface area contributed by atoms with Crippen LogP contribution in [0.4, 0.5) is 5.69 Å². The van der Waals surface area contributed by atoms with E-state index in [9.17, 15) is 14.9 Å². The summed E-state index contributed by atoms with van der Waals surface area (Å²) in [6.07, 6.45) is 0. The Kier molecular flexibility index (Phi) is 3.90. The normalized spacial score (nSPS) is 10.3. The van der Waals surface area contributed by atoms with Crippen molar-refractivity contribution in [3.8, 4) is 0 Å². The van der Waals surface area contributed by atoms with Crippen LogP contribution in [0.3, 0.4) is 0 Å². The van der Waals surface area contributed by atoms with Gasteiger partial charge in [0.15, 0.2) is 10.2 Å². The minimum Gasteiger partial charge on any atom is -0.283 e. The molecular weight excluding hydrogens is 298 g/mol. The molecule has 0 saturated heterocycles. The molecule has 9 heteroatoms. The molecule has 0 aliphatic carbocycles. The number of halogens is 1. The summed E-state index contributed by atoms with van der Waals surface area (Å²) >= 11 is 7.52. The fourth-order valence-electron chi connectivity index (χ4n) is 1.08. The van der Waals surface area contributed by atoms with E-state index in [1.54, 1.807) is 12.1 Å². The first-order valence-corrected chi connectivity index (χ1v) is 6.45. The van der Waals surface area contributed by atoms with Crippen LogP contribution >= 0.6 is 35.1 Å². The van der Waals surface area contributed by atoms with E-state index in [2.05, 4.69) is 8.75 Å². The van der Waals surface area contributed by atoms with Gasteiger partial charge in [0.1, 0.15) is 0 Å². The molecule has 18 heavy (non-hydrogen) atoms. The maximum Gasteiger partial charge on any atom is 0.269 e. The van der Waals surface area contributed by atoms with Crippen molar-refractivity contribution in [1.82, 2.24) is 8.75 Å². The molecule has 2 aromatic rings. The molecular formula is C9H4ClN3O3S2. The summed E-state index contributed by atoms with van der Waals surface area (Å²) in [6.45, 7) is 0. The third-order valence-electron chi connectivity index (χ3n) is 1.89. The minimum absolute atomic E-state index is 0.00905. The number of benzene rings is 1. The van der Waals surface area contributed by atoms with Gasteiger partial charge in [-0.2, -0.15) is 8.75 Å². The van der Waals surface area contributed by atoms with Crippen molar-refractivity contribution in [3.63, 3.8) is 0 Å². The molecule has 0 fully saturated rings. The van der Waals surface area contributed by atoms with Crippen LogP contribution in [0, 0.1) is 10.1 Å². The highest BCUT2D eigenvalue weighted by Crippen LogP contribution is 2.26. The van der Waals surface area contributed by atoms with E-state index in [4.69, 9.17) is 11.6 Å². The van der Waals surface area contributed by atoms with Gasteiger partial charge in [-0.3, -0.25) is 14.9 Å². The van der Waals surface area contributed by atoms with E-state index in [0.717, 1.165) is 23.5 Å². The lowest BCUT2D eigenvalue weighted by molar-refractivity contribution is -0.384. The molecule has 1 heterocycles. The van der Waals surface area contributed by atoms with Crippen molar-refractivity contribution in [2.75, 3.05) is 0 Å². The molecule has 6 nitrogen and oxygen atoms in total. The summed E-state index contributed by atoms with van der Waals surface area (Å²) < 4.78 is 7.45. The molecule has 0 N–H and O–H groups in total. The number of nitrogens with zero attached hydrogens (tertiary/aromatic N) is 3. The number of non-ortho nitro benzene ring substituents is 1. The van der Waals surface area contributed by atoms with Crippen molar-refractivity contribution in [3.05, 3.63) is 49.8 Å². The van der Waals surface area contributed by atoms with E-state index < -0.39 is 10.4 Å². The predicted molar refractivity (Wildman–Crippen MR) is 68.4 cm³/mol. The van der Waals surface area contributed by atoms with Crippen molar-refractivity contribution in [1.29, 1.82) is 0 Å². The summed E-state index contributed by atoms with van der Waals surface area (Å²) in [6, 6.07) is 5.81. The molecule has 1 aromatic carbocycles. The number of aromatic nitrogens is 2. The topological polar surface area (TPSA) is 86.0 Å². The molecule has 0 amide bonds. The predicted octanol–water partition coefficient (Wildman–Crippen LogP) is 2.61. The van der Waals surface area contributed by atoms with Crippen molar-refractivity contribution in [2.45, 2.75) is 9.92 Å². The highest BCUT2D eigenvalue weighted by atomic mass is 35.5. The number of nitro groups is 1. The molecule has 0 aliphatic heterocycles. The van der Waals surface area contributed by atoms with Crippen LogP contribution in [0.15, 0.2) is 39.0 Å². The second-order valence-electron chi connectivity index (χ2n) is 3.04. The van der Waals surface area contributed by atoms with Gasteiger partial charge in [-0.05, 0) is 12.1 Å². The Labute approximate surface area is 114 Å². The number of nitro benzene ring substituents is 1. The van der Waals surface area contributed by atoms with Gasteiger partial charge in [0.05, 0.1) is 16.7 Å². The first-order valence-electron chi connectivity index (χ1n) is 4.52. The van der Waals surface area contributed by atoms with Gasteiger partial charge in [-0.25, -0.2) is 0 Å². The quantitative estimate of drug-likeness (QED) is 0.640. The van der Waals surface area contributed by atoms with Crippen LogP contribution in [0.1, 0.15) is 0 Å². The lowest BCUT2D eigenvalue weighted by atomic mass is 10.3. The average molecular weight is 302 g/mol. The van der Waals surface area contributed by atoms with Crippen LogP contribution < -0.4 is 5.43 Å². The smallest absolute Gasteiger partial charge is 0.269 e. The second kappa shape index (κ2) is 5.42. The Hall–Kier alpha value is -1.51. The molecule has 0 unspecified atom stereocenters. The van der Waals surface area contributed by atoms with Gasteiger partial charge in [-0.1, -0.05) is 23.4 Å². The third-order valence-corrected chi connectivity index (χ3v) is 3.87. The maximum atomic E-state index is 11.6. The first-order chi connectivity index (χ1) is 8.58. The van der Waals surface area contributed by atoms with Gasteiger partial charge in [0, 0.05) is 17.0 Å². The van der Waals surface area contributed by atoms with Crippen molar-refractivity contribution < 1.29 is 4.92 Å². The highest BCUT2D eigenvalue weighted by molar-refractivity contribution is 7.99. The maximum absolute atomic E-state index is 11.6. The highest BCUT2D eigenvalue weighted by Gasteiger charge is 2.10. The molecule has 0 radical (unpaired) electrons. The number of hydrogen-bond acceptors (Lipinski definition) is 7. The summed E-state index contributed by atoms with van der Waals surface area (Å²) in [5.74, 6) is 0. The third kappa shape index (κ3) is 2.84. The van der Waals surface area contributed by atoms with E-state index >= 15 is 0 Å². The molecule has 0 bridgehead atoms. The summed E-state index contributed by atoms with van der Waals surface area (Å²) in [5, 5.41) is 10.6. The first kappa shape index (κ1) is 12.9. The Bertz CT molecular complexity index is 644. The molecule has 0 atom stereocenters. The van der Waals surface area contributed by atoms with Gasteiger partial charge < -0.3 is 0 Å².